The number of rotatable bonds is 3. The SMILES string of the molecule is O=C1c2ccccc2N[C@@H](c2c[nH]c3ccccc23)N1Cc1ccco1. The third kappa shape index (κ3) is 2.29. The molecule has 0 aliphatic carbocycles. The summed E-state index contributed by atoms with van der Waals surface area (Å²) >= 11 is 0. The number of aromatic amines is 1. The van der Waals surface area contributed by atoms with Crippen LogP contribution >= 0.6 is 0 Å². The van der Waals surface area contributed by atoms with Crippen LogP contribution in [-0.4, -0.2) is 15.8 Å². The van der Waals surface area contributed by atoms with Gasteiger partial charge in [0.1, 0.15) is 11.9 Å². The number of H-pyrrole nitrogens is 1. The number of carbonyl (C=O) groups is 1. The fourth-order valence-corrected chi connectivity index (χ4v) is 3.59. The van der Waals surface area contributed by atoms with Crippen molar-refractivity contribution in [2.45, 2.75) is 12.7 Å². The smallest absolute Gasteiger partial charge is 0.258 e. The van der Waals surface area contributed by atoms with Gasteiger partial charge in [0.05, 0.1) is 18.4 Å². The number of fused-ring (bicyclic) bond motifs is 2. The molecule has 1 aliphatic heterocycles. The van der Waals surface area contributed by atoms with E-state index in [1.807, 2.05) is 65.7 Å². The van der Waals surface area contributed by atoms with Gasteiger partial charge in [-0.3, -0.25) is 4.79 Å². The lowest BCUT2D eigenvalue weighted by molar-refractivity contribution is 0.0653. The zero-order valence-corrected chi connectivity index (χ0v) is 14.0. The van der Waals surface area contributed by atoms with Crippen molar-refractivity contribution in [3.63, 3.8) is 0 Å². The lowest BCUT2D eigenvalue weighted by atomic mass is 10.0. The molecule has 2 N–H and O–H groups in total. The van der Waals surface area contributed by atoms with Crippen molar-refractivity contribution in [2.75, 3.05) is 5.32 Å². The third-order valence-electron chi connectivity index (χ3n) is 4.84. The Kier molecular flexibility index (Phi) is 3.31. The number of para-hydroxylation sites is 2. The largest absolute Gasteiger partial charge is 0.467 e. The van der Waals surface area contributed by atoms with E-state index >= 15 is 0 Å². The Morgan fingerprint density at radius 1 is 1.00 bits per heavy atom. The minimum atomic E-state index is -0.279. The number of nitrogens with one attached hydrogen (secondary N) is 2. The van der Waals surface area contributed by atoms with Crippen LogP contribution in [0, 0.1) is 0 Å². The first-order valence-corrected chi connectivity index (χ1v) is 8.56. The molecule has 5 heteroatoms. The van der Waals surface area contributed by atoms with Gasteiger partial charge in [0, 0.05) is 28.4 Å². The molecule has 0 fully saturated rings. The maximum absolute atomic E-state index is 13.2. The molecule has 3 heterocycles. The van der Waals surface area contributed by atoms with Crippen molar-refractivity contribution in [1.82, 2.24) is 9.88 Å². The second-order valence-corrected chi connectivity index (χ2v) is 6.39. The van der Waals surface area contributed by atoms with Crippen molar-refractivity contribution in [3.05, 3.63) is 90.0 Å². The van der Waals surface area contributed by atoms with E-state index in [0.717, 1.165) is 27.9 Å². The molecule has 0 radical (unpaired) electrons. The summed E-state index contributed by atoms with van der Waals surface area (Å²) in [7, 11) is 0. The summed E-state index contributed by atoms with van der Waals surface area (Å²) < 4.78 is 5.50. The molecule has 5 rings (SSSR count). The van der Waals surface area contributed by atoms with Crippen LogP contribution < -0.4 is 5.32 Å². The molecule has 26 heavy (non-hydrogen) atoms. The number of amides is 1. The van der Waals surface area contributed by atoms with E-state index in [9.17, 15) is 4.79 Å². The van der Waals surface area contributed by atoms with E-state index in [0.29, 0.717) is 12.1 Å². The van der Waals surface area contributed by atoms with Gasteiger partial charge in [0.25, 0.3) is 5.91 Å². The number of anilines is 1. The minimum absolute atomic E-state index is 0.00830. The van der Waals surface area contributed by atoms with Crippen molar-refractivity contribution in [3.8, 4) is 0 Å². The first-order valence-electron chi connectivity index (χ1n) is 8.56. The third-order valence-corrected chi connectivity index (χ3v) is 4.84. The maximum atomic E-state index is 13.2. The van der Waals surface area contributed by atoms with Gasteiger partial charge in [-0.2, -0.15) is 0 Å². The quantitative estimate of drug-likeness (QED) is 0.575. The number of hydrogen-bond acceptors (Lipinski definition) is 3. The second kappa shape index (κ2) is 5.81. The number of benzene rings is 2. The van der Waals surface area contributed by atoms with Crippen molar-refractivity contribution in [2.24, 2.45) is 0 Å². The van der Waals surface area contributed by atoms with Crippen molar-refractivity contribution < 1.29 is 9.21 Å². The molecule has 2 aromatic heterocycles. The van der Waals surface area contributed by atoms with E-state index in [-0.39, 0.29) is 12.1 Å². The van der Waals surface area contributed by atoms with Crippen LogP contribution in [0.4, 0.5) is 5.69 Å². The molecule has 4 aromatic rings. The molecule has 0 saturated carbocycles. The van der Waals surface area contributed by atoms with Crippen LogP contribution in [0.2, 0.25) is 0 Å². The topological polar surface area (TPSA) is 61.3 Å². The van der Waals surface area contributed by atoms with Crippen LogP contribution in [0.5, 0.6) is 0 Å². The molecule has 2 aromatic carbocycles. The zero-order chi connectivity index (χ0) is 17.5. The number of hydrogen-bond donors (Lipinski definition) is 2. The van der Waals surface area contributed by atoms with Gasteiger partial charge in [0.15, 0.2) is 0 Å². The van der Waals surface area contributed by atoms with Crippen LogP contribution in [-0.2, 0) is 6.54 Å². The molecule has 0 spiro atoms. The lowest BCUT2D eigenvalue weighted by Gasteiger charge is -2.37. The Morgan fingerprint density at radius 2 is 1.85 bits per heavy atom. The van der Waals surface area contributed by atoms with Gasteiger partial charge in [-0.05, 0) is 30.3 Å². The lowest BCUT2D eigenvalue weighted by Crippen LogP contribution is -2.42. The van der Waals surface area contributed by atoms with E-state index in [2.05, 4.69) is 16.4 Å². The fourth-order valence-electron chi connectivity index (χ4n) is 3.59. The van der Waals surface area contributed by atoms with E-state index < -0.39 is 0 Å². The zero-order valence-electron chi connectivity index (χ0n) is 14.0. The highest BCUT2D eigenvalue weighted by molar-refractivity contribution is 6.02. The normalized spacial score (nSPS) is 16.5. The molecule has 1 atom stereocenters. The van der Waals surface area contributed by atoms with Gasteiger partial charge in [-0.15, -0.1) is 0 Å². The molecule has 1 amide bonds. The standard InChI is InChI=1S/C21H17N3O2/c25-21-16-8-2-4-10-19(16)23-20(24(21)13-14-6-5-11-26-14)17-12-22-18-9-3-1-7-15(17)18/h1-12,20,22-23H,13H2/t20-/m1/s1. The highest BCUT2D eigenvalue weighted by Gasteiger charge is 2.34. The Balaban J connectivity index is 1.64. The van der Waals surface area contributed by atoms with Crippen LogP contribution in [0.15, 0.2) is 77.5 Å². The molecule has 0 unspecified atom stereocenters. The Morgan fingerprint density at radius 3 is 2.73 bits per heavy atom. The van der Waals surface area contributed by atoms with Gasteiger partial charge >= 0.3 is 0 Å². The average Bonchev–Trinajstić information content (AvgIpc) is 3.34. The van der Waals surface area contributed by atoms with Gasteiger partial charge in [0.2, 0.25) is 0 Å². The van der Waals surface area contributed by atoms with E-state index in [4.69, 9.17) is 4.42 Å². The van der Waals surface area contributed by atoms with Gasteiger partial charge in [-0.1, -0.05) is 30.3 Å². The van der Waals surface area contributed by atoms with E-state index in [1.165, 1.54) is 0 Å². The summed E-state index contributed by atoms with van der Waals surface area (Å²) in [6.07, 6.45) is 3.32. The van der Waals surface area contributed by atoms with Crippen LogP contribution in [0.25, 0.3) is 10.9 Å². The monoisotopic (exact) mass is 343 g/mol. The van der Waals surface area contributed by atoms with Crippen molar-refractivity contribution in [1.29, 1.82) is 0 Å². The molecule has 128 valence electrons. The molecular formula is C21H17N3O2. The highest BCUT2D eigenvalue weighted by atomic mass is 16.3. The number of nitrogens with zero attached hydrogens (tertiary/aromatic N) is 1. The summed E-state index contributed by atoms with van der Waals surface area (Å²) in [5.41, 5.74) is 3.61. The first kappa shape index (κ1) is 14.8. The highest BCUT2D eigenvalue weighted by Crippen LogP contribution is 2.36. The van der Waals surface area contributed by atoms with Crippen LogP contribution in [0.3, 0.4) is 0 Å². The molecule has 1 aliphatic rings. The summed E-state index contributed by atoms with van der Waals surface area (Å²) in [4.78, 5) is 18.3. The van der Waals surface area contributed by atoms with Crippen molar-refractivity contribution >= 4 is 22.5 Å². The number of carbonyl (C=O) groups excluding carboxylic acids is 1. The Hall–Kier alpha value is -3.47. The molecular weight excluding hydrogens is 326 g/mol. The van der Waals surface area contributed by atoms with E-state index in [1.54, 1.807) is 6.26 Å². The average molecular weight is 343 g/mol. The maximum Gasteiger partial charge on any atom is 0.258 e. The summed E-state index contributed by atoms with van der Waals surface area (Å²) in [5.74, 6) is 0.746. The summed E-state index contributed by atoms with van der Waals surface area (Å²) in [6, 6.07) is 19.5. The fraction of sp³-hybridized carbons (Fsp3) is 0.0952. The van der Waals surface area contributed by atoms with Crippen LogP contribution in [0.1, 0.15) is 27.8 Å². The minimum Gasteiger partial charge on any atom is -0.467 e. The molecule has 0 saturated heterocycles. The number of aromatic nitrogens is 1. The summed E-state index contributed by atoms with van der Waals surface area (Å²) in [5, 5.41) is 4.63. The molecule has 5 nitrogen and oxygen atoms in total. The Bertz CT molecular complexity index is 1080. The molecule has 0 bridgehead atoms. The second-order valence-electron chi connectivity index (χ2n) is 6.39. The number of furan rings is 1. The van der Waals surface area contributed by atoms with Gasteiger partial charge in [-0.25, -0.2) is 0 Å². The summed E-state index contributed by atoms with van der Waals surface area (Å²) in [6.45, 7) is 0.400. The predicted octanol–water partition coefficient (Wildman–Crippen LogP) is 4.53. The predicted molar refractivity (Wildman–Crippen MR) is 99.7 cm³/mol. The van der Waals surface area contributed by atoms with Gasteiger partial charge < -0.3 is 19.6 Å². The first-order chi connectivity index (χ1) is 12.8. The Labute approximate surface area is 150 Å².